The van der Waals surface area contributed by atoms with Crippen LogP contribution in [0.2, 0.25) is 0 Å². The molecule has 1 aliphatic rings. The second-order valence-corrected chi connectivity index (χ2v) is 6.87. The molecule has 0 amide bonds. The molecule has 0 aliphatic heterocycles. The fourth-order valence-electron chi connectivity index (χ4n) is 2.42. The maximum Gasteiger partial charge on any atom is 0.138 e. The Kier molecular flexibility index (Phi) is 4.51. The molecule has 4 nitrogen and oxygen atoms in total. The molecule has 0 spiro atoms. The van der Waals surface area contributed by atoms with Crippen LogP contribution in [-0.2, 0) is 5.41 Å². The molecule has 20 heavy (non-hydrogen) atoms. The number of hydrogen-bond donors (Lipinski definition) is 2. The third-order valence-corrected chi connectivity index (χ3v) is 3.99. The fourth-order valence-corrected chi connectivity index (χ4v) is 2.42. The molecule has 0 radical (unpaired) electrons. The van der Waals surface area contributed by atoms with E-state index < -0.39 is 0 Å². The van der Waals surface area contributed by atoms with E-state index in [1.807, 2.05) is 6.07 Å². The predicted molar refractivity (Wildman–Crippen MR) is 85.3 cm³/mol. The highest BCUT2D eigenvalue weighted by Crippen LogP contribution is 2.31. The molecule has 1 saturated carbocycles. The first-order valence-corrected chi connectivity index (χ1v) is 7.80. The van der Waals surface area contributed by atoms with Gasteiger partial charge in [-0.15, -0.1) is 0 Å². The first-order valence-electron chi connectivity index (χ1n) is 7.80. The van der Waals surface area contributed by atoms with Crippen LogP contribution < -0.4 is 10.6 Å². The smallest absolute Gasteiger partial charge is 0.138 e. The van der Waals surface area contributed by atoms with Gasteiger partial charge in [0.15, 0.2) is 0 Å². The van der Waals surface area contributed by atoms with Crippen molar-refractivity contribution in [3.8, 4) is 0 Å². The lowest BCUT2D eigenvalue weighted by Crippen LogP contribution is -2.31. The average molecular weight is 276 g/mol. The van der Waals surface area contributed by atoms with Crippen molar-refractivity contribution in [2.24, 2.45) is 5.92 Å². The Morgan fingerprint density at radius 3 is 2.40 bits per heavy atom. The van der Waals surface area contributed by atoms with E-state index in [0.29, 0.717) is 6.04 Å². The van der Waals surface area contributed by atoms with Gasteiger partial charge in [0, 0.05) is 24.1 Å². The Balaban J connectivity index is 2.19. The average Bonchev–Trinajstić information content (AvgIpc) is 2.25. The zero-order chi connectivity index (χ0) is 14.8. The summed E-state index contributed by atoms with van der Waals surface area (Å²) in [5.74, 6) is 3.54. The minimum absolute atomic E-state index is 0.0401. The van der Waals surface area contributed by atoms with Gasteiger partial charge in [0.25, 0.3) is 0 Å². The number of nitrogens with zero attached hydrogens (tertiary/aromatic N) is 2. The summed E-state index contributed by atoms with van der Waals surface area (Å²) in [6.07, 6.45) is 4.05. The molecule has 4 heteroatoms. The lowest BCUT2D eigenvalue weighted by Gasteiger charge is -2.32. The summed E-state index contributed by atoms with van der Waals surface area (Å²) in [6, 6.07) is 2.51. The summed E-state index contributed by atoms with van der Waals surface area (Å²) in [5, 5.41) is 6.86. The molecule has 1 aromatic rings. The van der Waals surface area contributed by atoms with Crippen molar-refractivity contribution in [1.82, 2.24) is 9.97 Å². The number of nitrogens with one attached hydrogen (secondary N) is 2. The van der Waals surface area contributed by atoms with Gasteiger partial charge in [0.2, 0.25) is 0 Å². The Bertz CT molecular complexity index is 446. The van der Waals surface area contributed by atoms with Crippen molar-refractivity contribution in [2.45, 2.75) is 65.3 Å². The lowest BCUT2D eigenvalue weighted by atomic mass is 9.80. The third-order valence-electron chi connectivity index (χ3n) is 3.99. The van der Waals surface area contributed by atoms with E-state index in [1.165, 1.54) is 19.3 Å². The lowest BCUT2D eigenvalue weighted by molar-refractivity contribution is 0.285. The molecular weight excluding hydrogens is 248 g/mol. The maximum atomic E-state index is 4.71. The topological polar surface area (TPSA) is 49.8 Å². The van der Waals surface area contributed by atoms with Crippen molar-refractivity contribution < 1.29 is 0 Å². The van der Waals surface area contributed by atoms with Crippen LogP contribution in [-0.4, -0.2) is 22.6 Å². The van der Waals surface area contributed by atoms with Crippen LogP contribution >= 0.6 is 0 Å². The number of aromatic nitrogens is 2. The molecule has 0 bridgehead atoms. The van der Waals surface area contributed by atoms with Crippen LogP contribution in [0.25, 0.3) is 0 Å². The van der Waals surface area contributed by atoms with E-state index in [1.54, 1.807) is 0 Å². The number of rotatable bonds is 5. The molecule has 1 aromatic heterocycles. The van der Waals surface area contributed by atoms with E-state index in [9.17, 15) is 0 Å². The zero-order valence-corrected chi connectivity index (χ0v) is 13.5. The van der Waals surface area contributed by atoms with Crippen molar-refractivity contribution in [2.75, 3.05) is 17.2 Å². The molecule has 1 atom stereocenters. The summed E-state index contributed by atoms with van der Waals surface area (Å²) in [4.78, 5) is 9.32. The van der Waals surface area contributed by atoms with Crippen molar-refractivity contribution in [1.29, 1.82) is 0 Å². The molecule has 1 aliphatic carbocycles. The summed E-state index contributed by atoms with van der Waals surface area (Å²) in [7, 11) is 0. The van der Waals surface area contributed by atoms with Gasteiger partial charge < -0.3 is 10.6 Å². The van der Waals surface area contributed by atoms with Crippen LogP contribution in [0.5, 0.6) is 0 Å². The summed E-state index contributed by atoms with van der Waals surface area (Å²) >= 11 is 0. The van der Waals surface area contributed by atoms with Crippen LogP contribution in [0.3, 0.4) is 0 Å². The van der Waals surface area contributed by atoms with Gasteiger partial charge in [-0.3, -0.25) is 0 Å². The summed E-state index contributed by atoms with van der Waals surface area (Å²) in [5.41, 5.74) is -0.0401. The van der Waals surface area contributed by atoms with Crippen LogP contribution in [0, 0.1) is 5.92 Å². The van der Waals surface area contributed by atoms with Crippen molar-refractivity contribution >= 4 is 11.6 Å². The van der Waals surface area contributed by atoms with Gasteiger partial charge in [-0.05, 0) is 32.6 Å². The second kappa shape index (κ2) is 5.98. The predicted octanol–water partition coefficient (Wildman–Crippen LogP) is 3.81. The van der Waals surface area contributed by atoms with E-state index in [-0.39, 0.29) is 5.41 Å². The molecule has 2 N–H and O–H groups in total. The maximum absolute atomic E-state index is 4.71. The zero-order valence-electron chi connectivity index (χ0n) is 13.5. The quantitative estimate of drug-likeness (QED) is 0.858. The van der Waals surface area contributed by atoms with Crippen LogP contribution in [0.15, 0.2) is 6.07 Å². The summed E-state index contributed by atoms with van der Waals surface area (Å²) in [6.45, 7) is 11.7. The first kappa shape index (κ1) is 15.1. The number of hydrogen-bond acceptors (Lipinski definition) is 4. The first-order chi connectivity index (χ1) is 9.40. The second-order valence-electron chi connectivity index (χ2n) is 6.87. The Hall–Kier alpha value is -1.32. The van der Waals surface area contributed by atoms with Gasteiger partial charge >= 0.3 is 0 Å². The largest absolute Gasteiger partial charge is 0.370 e. The number of anilines is 2. The minimum Gasteiger partial charge on any atom is -0.370 e. The Labute approximate surface area is 122 Å². The molecule has 112 valence electrons. The molecule has 0 saturated heterocycles. The van der Waals surface area contributed by atoms with Crippen LogP contribution in [0.4, 0.5) is 11.6 Å². The highest BCUT2D eigenvalue weighted by molar-refractivity contribution is 5.48. The minimum atomic E-state index is -0.0401. The van der Waals surface area contributed by atoms with Gasteiger partial charge in [0.05, 0.1) is 0 Å². The Morgan fingerprint density at radius 1 is 1.25 bits per heavy atom. The summed E-state index contributed by atoms with van der Waals surface area (Å²) < 4.78 is 0. The van der Waals surface area contributed by atoms with Crippen molar-refractivity contribution in [3.05, 3.63) is 11.9 Å². The van der Waals surface area contributed by atoms with Crippen LogP contribution in [0.1, 0.15) is 59.7 Å². The monoisotopic (exact) mass is 276 g/mol. The van der Waals surface area contributed by atoms with Gasteiger partial charge in [-0.25, -0.2) is 9.97 Å². The van der Waals surface area contributed by atoms with E-state index in [0.717, 1.165) is 29.9 Å². The molecule has 1 fully saturated rings. The van der Waals surface area contributed by atoms with E-state index in [2.05, 4.69) is 50.2 Å². The molecule has 1 heterocycles. The highest BCUT2D eigenvalue weighted by Gasteiger charge is 2.25. The van der Waals surface area contributed by atoms with Crippen molar-refractivity contribution in [3.63, 3.8) is 0 Å². The van der Waals surface area contributed by atoms with Gasteiger partial charge in [-0.1, -0.05) is 27.2 Å². The highest BCUT2D eigenvalue weighted by atomic mass is 15.1. The standard InChI is InChI=1S/C16H28N4/c1-6-17-13-10-14(18-11(2)12-8-7-9-12)20-15(19-13)16(3,4)5/h10-12H,6-9H2,1-5H3,(H2,17,18,19,20). The SMILES string of the molecule is CCNc1cc(NC(C)C2CCC2)nc(C(C)(C)C)n1. The fraction of sp³-hybridized carbons (Fsp3) is 0.750. The molecule has 0 aromatic carbocycles. The van der Waals surface area contributed by atoms with Gasteiger partial charge in [-0.2, -0.15) is 0 Å². The molecule has 2 rings (SSSR count). The molecule has 1 unspecified atom stereocenters. The third kappa shape index (κ3) is 3.62. The normalized spacial score (nSPS) is 17.4. The van der Waals surface area contributed by atoms with E-state index >= 15 is 0 Å². The Morgan fingerprint density at radius 2 is 1.90 bits per heavy atom. The van der Waals surface area contributed by atoms with Gasteiger partial charge in [0.1, 0.15) is 17.5 Å². The molecular formula is C16H28N4. The van der Waals surface area contributed by atoms with E-state index in [4.69, 9.17) is 4.98 Å².